The molecule has 1 rings (SSSR count). The van der Waals surface area contributed by atoms with E-state index in [0.717, 1.165) is 5.56 Å². The van der Waals surface area contributed by atoms with Crippen molar-refractivity contribution < 1.29 is 14.3 Å². The number of hydrogen-bond donors (Lipinski definition) is 1. The van der Waals surface area contributed by atoms with Crippen molar-refractivity contribution in [2.75, 3.05) is 0 Å². The number of hydrogen-bond acceptors (Lipinski definition) is 4. The van der Waals surface area contributed by atoms with Crippen molar-refractivity contribution in [3.8, 4) is 0 Å². The molecule has 0 spiro atoms. The Bertz CT molecular complexity index is 363. The monoisotopic (exact) mass is 222 g/mol. The largest absolute Gasteiger partial charge is 0.456 e. The molecule has 0 aromatic carbocycles. The van der Waals surface area contributed by atoms with Crippen LogP contribution in [0, 0.1) is 0 Å². The van der Waals surface area contributed by atoms with E-state index in [1.807, 2.05) is 0 Å². The van der Waals surface area contributed by atoms with Gasteiger partial charge in [-0.15, -0.1) is 0 Å². The fraction of sp³-hybridized carbons (Fsp3) is 0.364. The Morgan fingerprint density at radius 2 is 2.25 bits per heavy atom. The van der Waals surface area contributed by atoms with Gasteiger partial charge in [0.1, 0.15) is 0 Å². The van der Waals surface area contributed by atoms with E-state index in [9.17, 15) is 9.59 Å². The summed E-state index contributed by atoms with van der Waals surface area (Å²) in [6, 6.07) is 3.56. The van der Waals surface area contributed by atoms with Crippen molar-refractivity contribution in [3.05, 3.63) is 30.1 Å². The Balaban J connectivity index is 2.38. The van der Waals surface area contributed by atoms with Gasteiger partial charge in [-0.05, 0) is 25.5 Å². The molecular formula is C11H14N2O3. The van der Waals surface area contributed by atoms with Crippen LogP contribution in [0.25, 0.3) is 0 Å². The van der Waals surface area contributed by atoms with Gasteiger partial charge in [-0.25, -0.2) is 4.79 Å². The first-order valence-electron chi connectivity index (χ1n) is 4.97. The highest BCUT2D eigenvalue weighted by molar-refractivity contribution is 6.32. The molecule has 0 radical (unpaired) electrons. The minimum Gasteiger partial charge on any atom is -0.456 e. The number of carbonyl (C=O) groups is 2. The van der Waals surface area contributed by atoms with Crippen LogP contribution in [0.3, 0.4) is 0 Å². The zero-order valence-electron chi connectivity index (χ0n) is 9.27. The van der Waals surface area contributed by atoms with Crippen LogP contribution >= 0.6 is 0 Å². The van der Waals surface area contributed by atoms with E-state index >= 15 is 0 Å². The van der Waals surface area contributed by atoms with Gasteiger partial charge in [0.05, 0.1) is 6.10 Å². The second-order valence-electron chi connectivity index (χ2n) is 3.50. The van der Waals surface area contributed by atoms with Crippen LogP contribution in [-0.4, -0.2) is 23.0 Å². The maximum Gasteiger partial charge on any atom is 0.397 e. The van der Waals surface area contributed by atoms with Crippen LogP contribution in [0.1, 0.15) is 19.4 Å². The first-order chi connectivity index (χ1) is 7.59. The van der Waals surface area contributed by atoms with Gasteiger partial charge in [0.15, 0.2) is 0 Å². The van der Waals surface area contributed by atoms with Crippen LogP contribution in [0.2, 0.25) is 0 Å². The minimum atomic E-state index is -0.862. The maximum atomic E-state index is 11.2. The molecule has 16 heavy (non-hydrogen) atoms. The van der Waals surface area contributed by atoms with Gasteiger partial charge < -0.3 is 10.1 Å². The summed E-state index contributed by atoms with van der Waals surface area (Å²) in [4.78, 5) is 26.3. The molecule has 0 bridgehead atoms. The SMILES string of the molecule is CC(C)OC(=O)C(=O)NCc1cccnc1. The zero-order valence-corrected chi connectivity index (χ0v) is 9.27. The van der Waals surface area contributed by atoms with Gasteiger partial charge in [-0.2, -0.15) is 0 Å². The number of ether oxygens (including phenoxy) is 1. The Hall–Kier alpha value is -1.91. The molecule has 0 saturated heterocycles. The lowest BCUT2D eigenvalue weighted by Crippen LogP contribution is -2.33. The molecule has 1 amide bonds. The predicted molar refractivity (Wildman–Crippen MR) is 57.3 cm³/mol. The van der Waals surface area contributed by atoms with E-state index < -0.39 is 11.9 Å². The lowest BCUT2D eigenvalue weighted by molar-refractivity contribution is -0.157. The van der Waals surface area contributed by atoms with Crippen molar-refractivity contribution in [1.29, 1.82) is 0 Å². The summed E-state index contributed by atoms with van der Waals surface area (Å²) in [5.74, 6) is -1.60. The molecule has 0 unspecified atom stereocenters. The van der Waals surface area contributed by atoms with Crippen LogP contribution in [0.4, 0.5) is 0 Å². The molecule has 1 N–H and O–H groups in total. The number of nitrogens with zero attached hydrogens (tertiary/aromatic N) is 1. The van der Waals surface area contributed by atoms with E-state index in [2.05, 4.69) is 10.3 Å². The predicted octanol–water partition coefficient (Wildman–Crippen LogP) is 0.649. The van der Waals surface area contributed by atoms with Gasteiger partial charge in [-0.3, -0.25) is 9.78 Å². The lowest BCUT2D eigenvalue weighted by atomic mass is 10.3. The summed E-state index contributed by atoms with van der Waals surface area (Å²) in [6.07, 6.45) is 2.96. The molecule has 0 saturated carbocycles. The summed E-state index contributed by atoms with van der Waals surface area (Å²) >= 11 is 0. The molecule has 1 heterocycles. The number of carbonyl (C=O) groups excluding carboxylic acids is 2. The van der Waals surface area contributed by atoms with Crippen LogP contribution < -0.4 is 5.32 Å². The highest BCUT2D eigenvalue weighted by Crippen LogP contribution is 1.95. The van der Waals surface area contributed by atoms with Crippen molar-refractivity contribution in [1.82, 2.24) is 10.3 Å². The average Bonchev–Trinajstić information content (AvgIpc) is 2.26. The van der Waals surface area contributed by atoms with Gasteiger partial charge in [-0.1, -0.05) is 6.07 Å². The number of esters is 1. The lowest BCUT2D eigenvalue weighted by Gasteiger charge is -2.07. The summed E-state index contributed by atoms with van der Waals surface area (Å²) in [5, 5.41) is 2.45. The normalized spacial score (nSPS) is 9.94. The topological polar surface area (TPSA) is 68.3 Å². The van der Waals surface area contributed by atoms with Crippen molar-refractivity contribution in [3.63, 3.8) is 0 Å². The molecule has 0 aliphatic carbocycles. The van der Waals surface area contributed by atoms with E-state index in [4.69, 9.17) is 4.74 Å². The smallest absolute Gasteiger partial charge is 0.397 e. The van der Waals surface area contributed by atoms with Gasteiger partial charge in [0.2, 0.25) is 0 Å². The highest BCUT2D eigenvalue weighted by Gasteiger charge is 2.15. The first kappa shape index (κ1) is 12.2. The Labute approximate surface area is 93.8 Å². The summed E-state index contributed by atoms with van der Waals surface area (Å²) in [7, 11) is 0. The third-order valence-corrected chi connectivity index (χ3v) is 1.70. The van der Waals surface area contributed by atoms with E-state index in [0.29, 0.717) is 0 Å². The van der Waals surface area contributed by atoms with Gasteiger partial charge in [0.25, 0.3) is 0 Å². The van der Waals surface area contributed by atoms with Gasteiger partial charge in [0, 0.05) is 18.9 Å². The molecule has 0 aliphatic heterocycles. The number of rotatable bonds is 3. The fourth-order valence-corrected chi connectivity index (χ4v) is 1.02. The molecule has 0 atom stereocenters. The van der Waals surface area contributed by atoms with Crippen LogP contribution in [-0.2, 0) is 20.9 Å². The van der Waals surface area contributed by atoms with Crippen LogP contribution in [0.5, 0.6) is 0 Å². The van der Waals surface area contributed by atoms with Crippen LogP contribution in [0.15, 0.2) is 24.5 Å². The molecule has 0 fully saturated rings. The van der Waals surface area contributed by atoms with Crippen molar-refractivity contribution >= 4 is 11.9 Å². The number of aromatic nitrogens is 1. The minimum absolute atomic E-state index is 0.264. The number of nitrogens with one attached hydrogen (secondary N) is 1. The second kappa shape index (κ2) is 5.85. The third kappa shape index (κ3) is 4.08. The summed E-state index contributed by atoms with van der Waals surface area (Å²) in [6.45, 7) is 3.64. The molecule has 1 aromatic rings. The quantitative estimate of drug-likeness (QED) is 0.602. The number of amides is 1. The molecule has 5 heteroatoms. The van der Waals surface area contributed by atoms with E-state index in [-0.39, 0.29) is 12.6 Å². The van der Waals surface area contributed by atoms with E-state index in [1.165, 1.54) is 0 Å². The maximum absolute atomic E-state index is 11.2. The van der Waals surface area contributed by atoms with Crippen molar-refractivity contribution in [2.45, 2.75) is 26.5 Å². The molecule has 86 valence electrons. The first-order valence-corrected chi connectivity index (χ1v) is 4.97. The Morgan fingerprint density at radius 3 is 2.81 bits per heavy atom. The molecule has 1 aromatic heterocycles. The summed E-state index contributed by atoms with van der Waals surface area (Å²) in [5.41, 5.74) is 0.827. The Morgan fingerprint density at radius 1 is 1.50 bits per heavy atom. The molecule has 5 nitrogen and oxygen atoms in total. The average molecular weight is 222 g/mol. The van der Waals surface area contributed by atoms with Crippen molar-refractivity contribution in [2.24, 2.45) is 0 Å². The highest BCUT2D eigenvalue weighted by atomic mass is 16.5. The van der Waals surface area contributed by atoms with Gasteiger partial charge >= 0.3 is 11.9 Å². The third-order valence-electron chi connectivity index (χ3n) is 1.70. The zero-order chi connectivity index (χ0) is 12.0. The fourth-order valence-electron chi connectivity index (χ4n) is 1.02. The molecular weight excluding hydrogens is 208 g/mol. The standard InChI is InChI=1S/C11H14N2O3/c1-8(2)16-11(15)10(14)13-7-9-4-3-5-12-6-9/h3-6,8H,7H2,1-2H3,(H,13,14). The summed E-state index contributed by atoms with van der Waals surface area (Å²) < 4.78 is 4.73. The Kier molecular flexibility index (Phi) is 4.44. The second-order valence-corrected chi connectivity index (χ2v) is 3.50. The van der Waals surface area contributed by atoms with E-state index in [1.54, 1.807) is 38.4 Å². The molecule has 0 aliphatic rings. The number of pyridine rings is 1.